The summed E-state index contributed by atoms with van der Waals surface area (Å²) in [5, 5.41) is 2.84. The summed E-state index contributed by atoms with van der Waals surface area (Å²) in [6.07, 6.45) is 2.40. The number of carbonyl (C=O) groups is 1. The summed E-state index contributed by atoms with van der Waals surface area (Å²) in [6, 6.07) is 11.6. The summed E-state index contributed by atoms with van der Waals surface area (Å²) in [6.45, 7) is 2.33. The van der Waals surface area contributed by atoms with Gasteiger partial charge >= 0.3 is 0 Å². The third-order valence-corrected chi connectivity index (χ3v) is 7.27. The summed E-state index contributed by atoms with van der Waals surface area (Å²) < 4.78 is 38.4. The van der Waals surface area contributed by atoms with Crippen LogP contribution in [0.1, 0.15) is 31.2 Å². The summed E-state index contributed by atoms with van der Waals surface area (Å²) in [7, 11) is -0.594. The van der Waals surface area contributed by atoms with Crippen LogP contribution in [0.15, 0.2) is 47.4 Å². The van der Waals surface area contributed by atoms with Crippen molar-refractivity contribution in [3.63, 3.8) is 0 Å². The molecule has 8 heteroatoms. The van der Waals surface area contributed by atoms with Gasteiger partial charge in [-0.3, -0.25) is 4.79 Å². The normalized spacial score (nSPS) is 17.4. The highest BCUT2D eigenvalue weighted by Gasteiger charge is 2.34. The lowest BCUT2D eigenvalue weighted by Gasteiger charge is -2.34. The van der Waals surface area contributed by atoms with Crippen LogP contribution in [0.2, 0.25) is 0 Å². The minimum Gasteiger partial charge on any atom is -0.497 e. The number of nitrogens with one attached hydrogen (secondary N) is 1. The molecular formula is C22H28N2O5S. The molecule has 0 spiro atoms. The van der Waals surface area contributed by atoms with Crippen LogP contribution in [0.4, 0.5) is 5.69 Å². The second-order valence-corrected chi connectivity index (χ2v) is 9.29. The van der Waals surface area contributed by atoms with Crippen molar-refractivity contribution in [2.45, 2.75) is 43.5 Å². The first-order valence-electron chi connectivity index (χ1n) is 9.95. The molecule has 1 fully saturated rings. The van der Waals surface area contributed by atoms with Crippen molar-refractivity contribution in [2.75, 3.05) is 26.1 Å². The number of sulfonamides is 1. The molecule has 1 aliphatic rings. The number of rotatable bonds is 7. The molecule has 0 saturated carbocycles. The Kier molecular flexibility index (Phi) is 6.99. The summed E-state index contributed by atoms with van der Waals surface area (Å²) in [4.78, 5) is 13.0. The number of nitrogens with zero attached hydrogens (tertiary/aromatic N) is 1. The van der Waals surface area contributed by atoms with Crippen LogP contribution in [-0.4, -0.2) is 45.4 Å². The highest BCUT2D eigenvalue weighted by atomic mass is 32.2. The smallest absolute Gasteiger partial charge is 0.243 e. The van der Waals surface area contributed by atoms with Crippen molar-refractivity contribution in [3.05, 3.63) is 48.0 Å². The molecule has 1 saturated heterocycles. The van der Waals surface area contributed by atoms with Gasteiger partial charge in [0.25, 0.3) is 0 Å². The van der Waals surface area contributed by atoms with E-state index in [2.05, 4.69) is 5.32 Å². The number of benzene rings is 2. The van der Waals surface area contributed by atoms with E-state index in [1.807, 2.05) is 6.92 Å². The zero-order valence-electron chi connectivity index (χ0n) is 17.6. The van der Waals surface area contributed by atoms with Gasteiger partial charge in [-0.05, 0) is 44.0 Å². The van der Waals surface area contributed by atoms with Crippen molar-refractivity contribution < 1.29 is 22.7 Å². The number of anilines is 1. The lowest BCUT2D eigenvalue weighted by Crippen LogP contribution is -2.45. The van der Waals surface area contributed by atoms with Gasteiger partial charge in [0.15, 0.2) is 0 Å². The standard InChI is InChI=1S/C22H28N2O5S/c1-16-7-10-19(11-8-16)30(26,27)24-13-5-4-6-17(24)14-22(25)23-20-15-18(28-2)9-12-21(20)29-3/h7-12,15,17H,4-6,13-14H2,1-3H3,(H,23,25). The van der Waals surface area contributed by atoms with E-state index < -0.39 is 10.0 Å². The van der Waals surface area contributed by atoms with Gasteiger partial charge in [0.1, 0.15) is 11.5 Å². The SMILES string of the molecule is COc1ccc(OC)c(NC(=O)CC2CCCCN2S(=O)(=O)c2ccc(C)cc2)c1. The summed E-state index contributed by atoms with van der Waals surface area (Å²) in [5.41, 5.74) is 1.49. The second kappa shape index (κ2) is 9.49. The second-order valence-electron chi connectivity index (χ2n) is 7.40. The first kappa shape index (κ1) is 22.1. The molecule has 162 valence electrons. The Balaban J connectivity index is 1.77. The molecule has 2 aromatic rings. The fourth-order valence-corrected chi connectivity index (χ4v) is 5.36. The lowest BCUT2D eigenvalue weighted by molar-refractivity contribution is -0.117. The maximum atomic E-state index is 13.2. The van der Waals surface area contributed by atoms with Crippen LogP contribution >= 0.6 is 0 Å². The molecule has 30 heavy (non-hydrogen) atoms. The number of methoxy groups -OCH3 is 2. The van der Waals surface area contributed by atoms with Gasteiger partial charge in [-0.15, -0.1) is 0 Å². The quantitative estimate of drug-likeness (QED) is 0.723. The Bertz CT molecular complexity index is 989. The van der Waals surface area contributed by atoms with Gasteiger partial charge in [0.2, 0.25) is 15.9 Å². The minimum atomic E-state index is -3.66. The highest BCUT2D eigenvalue weighted by molar-refractivity contribution is 7.89. The van der Waals surface area contributed by atoms with Crippen molar-refractivity contribution in [1.29, 1.82) is 0 Å². The Hall–Kier alpha value is -2.58. The van der Waals surface area contributed by atoms with E-state index in [9.17, 15) is 13.2 Å². The molecule has 0 aliphatic carbocycles. The minimum absolute atomic E-state index is 0.0749. The molecular weight excluding hydrogens is 404 g/mol. The molecule has 0 bridgehead atoms. The number of ether oxygens (including phenoxy) is 2. The highest BCUT2D eigenvalue weighted by Crippen LogP contribution is 2.31. The average Bonchev–Trinajstić information content (AvgIpc) is 2.74. The molecule has 3 rings (SSSR count). The molecule has 1 amide bonds. The number of carbonyl (C=O) groups excluding carboxylic acids is 1. The van der Waals surface area contributed by atoms with E-state index in [0.29, 0.717) is 30.2 Å². The maximum absolute atomic E-state index is 13.2. The number of aryl methyl sites for hydroxylation is 1. The van der Waals surface area contributed by atoms with Crippen LogP contribution in [0.3, 0.4) is 0 Å². The van der Waals surface area contributed by atoms with Crippen molar-refractivity contribution >= 4 is 21.6 Å². The summed E-state index contributed by atoms with van der Waals surface area (Å²) in [5.74, 6) is 0.835. The molecule has 1 aliphatic heterocycles. The molecule has 1 atom stereocenters. The summed E-state index contributed by atoms with van der Waals surface area (Å²) >= 11 is 0. The van der Waals surface area contributed by atoms with E-state index in [4.69, 9.17) is 9.47 Å². The third kappa shape index (κ3) is 4.94. The Labute approximate surface area is 178 Å². The van der Waals surface area contributed by atoms with Crippen molar-refractivity contribution in [2.24, 2.45) is 0 Å². The van der Waals surface area contributed by atoms with E-state index >= 15 is 0 Å². The lowest BCUT2D eigenvalue weighted by atomic mass is 10.0. The van der Waals surface area contributed by atoms with Gasteiger partial charge in [0, 0.05) is 25.1 Å². The Morgan fingerprint density at radius 1 is 1.10 bits per heavy atom. The first-order valence-corrected chi connectivity index (χ1v) is 11.4. The van der Waals surface area contributed by atoms with Gasteiger partial charge in [-0.25, -0.2) is 8.42 Å². The fraction of sp³-hybridized carbons (Fsp3) is 0.409. The number of hydrogen-bond acceptors (Lipinski definition) is 5. The number of hydrogen-bond donors (Lipinski definition) is 1. The first-order chi connectivity index (χ1) is 14.3. The molecule has 2 aromatic carbocycles. The zero-order valence-corrected chi connectivity index (χ0v) is 18.4. The van der Waals surface area contributed by atoms with Crippen LogP contribution < -0.4 is 14.8 Å². The maximum Gasteiger partial charge on any atom is 0.243 e. The number of amides is 1. The Morgan fingerprint density at radius 2 is 1.83 bits per heavy atom. The largest absolute Gasteiger partial charge is 0.497 e. The van der Waals surface area contributed by atoms with E-state index in [1.165, 1.54) is 11.4 Å². The molecule has 7 nitrogen and oxygen atoms in total. The van der Waals surface area contributed by atoms with Crippen molar-refractivity contribution in [1.82, 2.24) is 4.31 Å². The number of piperidine rings is 1. The van der Waals surface area contributed by atoms with Crippen molar-refractivity contribution in [3.8, 4) is 11.5 Å². The molecule has 0 aromatic heterocycles. The van der Waals surface area contributed by atoms with Gasteiger partial charge < -0.3 is 14.8 Å². The molecule has 1 N–H and O–H groups in total. The average molecular weight is 433 g/mol. The van der Waals surface area contributed by atoms with Gasteiger partial charge in [0.05, 0.1) is 24.8 Å². The van der Waals surface area contributed by atoms with Crippen LogP contribution in [-0.2, 0) is 14.8 Å². The molecule has 0 radical (unpaired) electrons. The van der Waals surface area contributed by atoms with E-state index in [0.717, 1.165) is 18.4 Å². The molecule has 1 unspecified atom stereocenters. The van der Waals surface area contributed by atoms with Crippen LogP contribution in [0.5, 0.6) is 11.5 Å². The van der Waals surface area contributed by atoms with Gasteiger partial charge in [-0.2, -0.15) is 4.31 Å². The molecule has 1 heterocycles. The Morgan fingerprint density at radius 3 is 2.50 bits per heavy atom. The zero-order chi connectivity index (χ0) is 21.7. The monoisotopic (exact) mass is 432 g/mol. The van der Waals surface area contributed by atoms with E-state index in [-0.39, 0.29) is 23.3 Å². The predicted octanol–water partition coefficient (Wildman–Crippen LogP) is 3.58. The van der Waals surface area contributed by atoms with Crippen LogP contribution in [0, 0.1) is 6.92 Å². The van der Waals surface area contributed by atoms with Gasteiger partial charge in [-0.1, -0.05) is 24.1 Å². The van der Waals surface area contributed by atoms with E-state index in [1.54, 1.807) is 49.6 Å². The third-order valence-electron chi connectivity index (χ3n) is 5.30. The van der Waals surface area contributed by atoms with Crippen LogP contribution in [0.25, 0.3) is 0 Å². The topological polar surface area (TPSA) is 84.9 Å². The fourth-order valence-electron chi connectivity index (χ4n) is 3.67. The predicted molar refractivity (Wildman–Crippen MR) is 116 cm³/mol.